The minimum Gasteiger partial charge on any atom is -0.497 e. The van der Waals surface area contributed by atoms with Crippen molar-refractivity contribution in [2.75, 3.05) is 23.8 Å². The van der Waals surface area contributed by atoms with Crippen LogP contribution in [0.4, 0.5) is 11.4 Å². The van der Waals surface area contributed by atoms with Crippen LogP contribution in [0.5, 0.6) is 11.5 Å². The monoisotopic (exact) mass is 516 g/mol. The molecule has 0 heterocycles. The van der Waals surface area contributed by atoms with Gasteiger partial charge in [0.05, 0.1) is 42.6 Å². The summed E-state index contributed by atoms with van der Waals surface area (Å²) < 4.78 is 39.8. The third-order valence-corrected chi connectivity index (χ3v) is 7.62. The Labute approximate surface area is 217 Å². The Morgan fingerprint density at radius 2 is 1.51 bits per heavy atom. The number of methoxy groups -OCH3 is 2. The average Bonchev–Trinajstić information content (AvgIpc) is 2.92. The first kappa shape index (κ1) is 25.8. The number of nitrogens with one attached hydrogen (secondary N) is 1. The molecule has 8 heteroatoms. The first-order valence-electron chi connectivity index (χ1n) is 11.6. The third-order valence-electron chi connectivity index (χ3n) is 5.85. The normalized spacial score (nSPS) is 11.0. The highest BCUT2D eigenvalue weighted by Crippen LogP contribution is 2.32. The van der Waals surface area contributed by atoms with Crippen molar-refractivity contribution in [2.24, 2.45) is 0 Å². The molecule has 0 atom stereocenters. The fraction of sp³-hybridized carbons (Fsp3) is 0.138. The summed E-state index contributed by atoms with van der Waals surface area (Å²) in [7, 11) is -0.984. The minimum atomic E-state index is -4.01. The van der Waals surface area contributed by atoms with Gasteiger partial charge in [0.2, 0.25) is 0 Å². The van der Waals surface area contributed by atoms with E-state index in [4.69, 9.17) is 9.47 Å². The highest BCUT2D eigenvalue weighted by atomic mass is 32.2. The maximum absolute atomic E-state index is 13.9. The van der Waals surface area contributed by atoms with E-state index in [1.807, 2.05) is 37.3 Å². The first-order valence-corrected chi connectivity index (χ1v) is 13.0. The number of aryl methyl sites for hydroxylation is 1. The number of rotatable bonds is 9. The van der Waals surface area contributed by atoms with Gasteiger partial charge in [-0.05, 0) is 48.9 Å². The average molecular weight is 517 g/mol. The molecule has 0 saturated heterocycles. The summed E-state index contributed by atoms with van der Waals surface area (Å²) in [6.07, 6.45) is 0. The molecule has 0 saturated carbocycles. The molecule has 7 nitrogen and oxygen atoms in total. The lowest BCUT2D eigenvalue weighted by molar-refractivity contribution is 0.102. The van der Waals surface area contributed by atoms with Gasteiger partial charge < -0.3 is 14.8 Å². The van der Waals surface area contributed by atoms with Crippen molar-refractivity contribution < 1.29 is 22.7 Å². The van der Waals surface area contributed by atoms with Gasteiger partial charge in [-0.3, -0.25) is 9.10 Å². The lowest BCUT2D eigenvalue weighted by Crippen LogP contribution is -2.32. The van der Waals surface area contributed by atoms with E-state index in [9.17, 15) is 13.2 Å². The molecule has 0 radical (unpaired) electrons. The summed E-state index contributed by atoms with van der Waals surface area (Å²) in [5.41, 5.74) is 2.58. The zero-order chi connectivity index (χ0) is 26.4. The summed E-state index contributed by atoms with van der Waals surface area (Å²) in [5.74, 6) is 0.497. The summed E-state index contributed by atoms with van der Waals surface area (Å²) >= 11 is 0. The van der Waals surface area contributed by atoms with Crippen molar-refractivity contribution in [1.29, 1.82) is 0 Å². The van der Waals surface area contributed by atoms with Gasteiger partial charge in [-0.15, -0.1) is 0 Å². The van der Waals surface area contributed by atoms with E-state index in [-0.39, 0.29) is 22.7 Å². The molecule has 1 amide bonds. The number of nitrogens with zero attached hydrogens (tertiary/aromatic N) is 1. The Hall–Kier alpha value is -4.30. The van der Waals surface area contributed by atoms with Crippen LogP contribution in [-0.4, -0.2) is 28.5 Å². The number of carbonyl (C=O) groups excluding carboxylic acids is 1. The quantitative estimate of drug-likeness (QED) is 0.310. The van der Waals surface area contributed by atoms with Gasteiger partial charge >= 0.3 is 0 Å². The van der Waals surface area contributed by atoms with Crippen LogP contribution in [-0.2, 0) is 16.6 Å². The maximum Gasteiger partial charge on any atom is 0.264 e. The minimum absolute atomic E-state index is 0.0455. The highest BCUT2D eigenvalue weighted by Gasteiger charge is 2.29. The number of para-hydroxylation sites is 1. The number of anilines is 2. The number of sulfonamides is 1. The smallest absolute Gasteiger partial charge is 0.264 e. The Morgan fingerprint density at radius 3 is 2.19 bits per heavy atom. The SMILES string of the molecule is COc1ccc(OC)c(NC(=O)c2ccccc2N(Cc2ccccc2)S(=O)(=O)c2ccc(C)cc2)c1. The Morgan fingerprint density at radius 1 is 0.838 bits per heavy atom. The molecule has 37 heavy (non-hydrogen) atoms. The molecule has 0 unspecified atom stereocenters. The van der Waals surface area contributed by atoms with E-state index >= 15 is 0 Å². The Kier molecular flexibility index (Phi) is 7.79. The molecular weight excluding hydrogens is 488 g/mol. The lowest BCUT2D eigenvalue weighted by atomic mass is 10.1. The summed E-state index contributed by atoms with van der Waals surface area (Å²) in [4.78, 5) is 13.7. The molecule has 1 N–H and O–H groups in total. The van der Waals surface area contributed by atoms with E-state index in [1.165, 1.54) is 18.5 Å². The molecule has 0 spiro atoms. The molecule has 0 aromatic heterocycles. The number of amides is 1. The van der Waals surface area contributed by atoms with Crippen LogP contribution in [0.25, 0.3) is 0 Å². The van der Waals surface area contributed by atoms with E-state index in [2.05, 4.69) is 5.32 Å². The van der Waals surface area contributed by atoms with Gasteiger partial charge in [0.1, 0.15) is 11.5 Å². The second-order valence-electron chi connectivity index (χ2n) is 8.35. The zero-order valence-electron chi connectivity index (χ0n) is 20.8. The van der Waals surface area contributed by atoms with Gasteiger partial charge in [-0.1, -0.05) is 60.2 Å². The summed E-state index contributed by atoms with van der Waals surface area (Å²) in [6, 6.07) is 27.6. The lowest BCUT2D eigenvalue weighted by Gasteiger charge is -2.27. The van der Waals surface area contributed by atoms with Gasteiger partial charge in [-0.2, -0.15) is 0 Å². The summed E-state index contributed by atoms with van der Waals surface area (Å²) in [6.45, 7) is 1.94. The van der Waals surface area contributed by atoms with Crippen molar-refractivity contribution in [1.82, 2.24) is 0 Å². The molecule has 0 bridgehead atoms. The predicted octanol–water partition coefficient (Wildman–Crippen LogP) is 5.66. The Bertz CT molecular complexity index is 1490. The van der Waals surface area contributed by atoms with E-state index < -0.39 is 15.9 Å². The fourth-order valence-electron chi connectivity index (χ4n) is 3.87. The first-order chi connectivity index (χ1) is 17.8. The van der Waals surface area contributed by atoms with Gasteiger partial charge in [0.25, 0.3) is 15.9 Å². The number of hydrogen-bond donors (Lipinski definition) is 1. The van der Waals surface area contributed by atoms with Crippen LogP contribution < -0.4 is 19.1 Å². The van der Waals surface area contributed by atoms with E-state index in [0.29, 0.717) is 17.2 Å². The van der Waals surface area contributed by atoms with Crippen LogP contribution in [0.15, 0.2) is 102 Å². The topological polar surface area (TPSA) is 84.9 Å². The molecule has 0 fully saturated rings. The van der Waals surface area contributed by atoms with Crippen LogP contribution >= 0.6 is 0 Å². The molecular formula is C29H28N2O5S. The maximum atomic E-state index is 13.9. The second kappa shape index (κ2) is 11.2. The number of carbonyl (C=O) groups is 1. The molecule has 0 aliphatic carbocycles. The van der Waals surface area contributed by atoms with E-state index in [0.717, 1.165) is 11.1 Å². The van der Waals surface area contributed by atoms with Gasteiger partial charge in [0.15, 0.2) is 0 Å². The predicted molar refractivity (Wildman–Crippen MR) is 145 cm³/mol. The van der Waals surface area contributed by atoms with E-state index in [1.54, 1.807) is 66.7 Å². The summed E-state index contributed by atoms with van der Waals surface area (Å²) in [5, 5.41) is 2.84. The number of benzene rings is 4. The number of ether oxygens (including phenoxy) is 2. The largest absolute Gasteiger partial charge is 0.497 e. The fourth-order valence-corrected chi connectivity index (χ4v) is 5.34. The molecule has 4 rings (SSSR count). The molecule has 4 aromatic rings. The number of hydrogen-bond acceptors (Lipinski definition) is 5. The van der Waals surface area contributed by atoms with Gasteiger partial charge in [0, 0.05) is 6.07 Å². The van der Waals surface area contributed by atoms with Crippen molar-refractivity contribution in [3.63, 3.8) is 0 Å². The van der Waals surface area contributed by atoms with Crippen LogP contribution in [0, 0.1) is 6.92 Å². The van der Waals surface area contributed by atoms with Crippen LogP contribution in [0.1, 0.15) is 21.5 Å². The zero-order valence-corrected chi connectivity index (χ0v) is 21.7. The van der Waals surface area contributed by atoms with Gasteiger partial charge in [-0.25, -0.2) is 8.42 Å². The molecule has 0 aliphatic heterocycles. The Balaban J connectivity index is 1.79. The second-order valence-corrected chi connectivity index (χ2v) is 10.2. The highest BCUT2D eigenvalue weighted by molar-refractivity contribution is 7.92. The van der Waals surface area contributed by atoms with Crippen molar-refractivity contribution >= 4 is 27.3 Å². The van der Waals surface area contributed by atoms with Crippen LogP contribution in [0.3, 0.4) is 0 Å². The van der Waals surface area contributed by atoms with Crippen molar-refractivity contribution in [3.8, 4) is 11.5 Å². The standard InChI is InChI=1S/C29H28N2O5S/c1-21-13-16-24(17-14-21)37(33,34)31(20-22-9-5-4-6-10-22)27-12-8-7-11-25(27)29(32)30-26-19-23(35-2)15-18-28(26)36-3/h4-19H,20H2,1-3H3,(H,30,32). The van der Waals surface area contributed by atoms with Crippen molar-refractivity contribution in [2.45, 2.75) is 18.4 Å². The molecule has 4 aromatic carbocycles. The molecule has 190 valence electrons. The molecule has 0 aliphatic rings. The van der Waals surface area contributed by atoms with Crippen molar-refractivity contribution in [3.05, 3.63) is 114 Å². The van der Waals surface area contributed by atoms with Crippen LogP contribution in [0.2, 0.25) is 0 Å². The third kappa shape index (κ3) is 5.76.